The number of pyridine rings is 2. The van der Waals surface area contributed by atoms with Crippen LogP contribution in [0.5, 0.6) is 5.75 Å². The van der Waals surface area contributed by atoms with Gasteiger partial charge in [-0.05, 0) is 97.4 Å². The topological polar surface area (TPSA) is 144 Å². The maximum atomic E-state index is 13.7. The molecule has 1 amide bonds. The summed E-state index contributed by atoms with van der Waals surface area (Å²) in [4.78, 5) is 29.8. The van der Waals surface area contributed by atoms with Gasteiger partial charge in [-0.2, -0.15) is 0 Å². The molecular formula is C37H36FN7O2S. The van der Waals surface area contributed by atoms with Crippen LogP contribution in [0.2, 0.25) is 0 Å². The third-order valence-electron chi connectivity index (χ3n) is 9.40. The predicted molar refractivity (Wildman–Crippen MR) is 189 cm³/mol. The van der Waals surface area contributed by atoms with Crippen LogP contribution in [0.4, 0.5) is 10.2 Å². The first kappa shape index (κ1) is 31.4. The predicted octanol–water partition coefficient (Wildman–Crippen LogP) is 6.65. The summed E-state index contributed by atoms with van der Waals surface area (Å²) in [6.07, 6.45) is 9.15. The molecular weight excluding hydrogens is 626 g/mol. The number of nitrogens with zero attached hydrogens (tertiary/aromatic N) is 4. The Balaban J connectivity index is 0.000000280. The zero-order chi connectivity index (χ0) is 33.4. The number of aliphatic imine (C=N–C) groups is 1. The Bertz CT molecular complexity index is 2070. The van der Waals surface area contributed by atoms with E-state index in [1.807, 2.05) is 23.1 Å². The molecule has 1 fully saturated rings. The van der Waals surface area contributed by atoms with E-state index in [4.69, 9.17) is 26.6 Å². The lowest BCUT2D eigenvalue weighted by molar-refractivity contribution is 0.0776. The van der Waals surface area contributed by atoms with E-state index in [0.717, 1.165) is 51.2 Å². The second-order valence-corrected chi connectivity index (χ2v) is 13.2. The number of nitrogens with two attached hydrogens (primary N) is 2. The van der Waals surface area contributed by atoms with Crippen molar-refractivity contribution in [3.8, 4) is 16.2 Å². The number of ether oxygens (including phenoxy) is 1. The standard InChI is InChI=1S/C27H24FN7OS.C10H12O/c28-16-6-3-14(4-7-16)5-8-17-20(25(30)33-13-29)21(19-12-15-9-10-32-26(31)24(15)37-19)22-23(34-17)18-2-1-11-35(18)27(22)36;1-11-10-7-3-5-8-4-2-6-9(8)10/h3-4,6-7,9-10,12-13,18H,1-2,5,8,11H2,(H2,31,32)(H3,29,30,33);3,5,7H,2,4,6H2,1H3. The summed E-state index contributed by atoms with van der Waals surface area (Å²) in [7, 11) is 1.74. The molecule has 0 bridgehead atoms. The van der Waals surface area contributed by atoms with Gasteiger partial charge in [0.15, 0.2) is 0 Å². The number of carbonyl (C=O) groups excluding carboxylic acids is 1. The van der Waals surface area contributed by atoms with Crippen molar-refractivity contribution < 1.29 is 13.9 Å². The number of hydrogen-bond donors (Lipinski definition) is 3. The third-order valence-corrected chi connectivity index (χ3v) is 10.6. The molecule has 48 heavy (non-hydrogen) atoms. The van der Waals surface area contributed by atoms with Gasteiger partial charge in [-0.25, -0.2) is 14.4 Å². The first-order valence-corrected chi connectivity index (χ1v) is 16.9. The quantitative estimate of drug-likeness (QED) is 0.132. The highest BCUT2D eigenvalue weighted by molar-refractivity contribution is 7.22. The zero-order valence-electron chi connectivity index (χ0n) is 26.6. The van der Waals surface area contributed by atoms with Gasteiger partial charge in [-0.3, -0.25) is 15.2 Å². The van der Waals surface area contributed by atoms with Gasteiger partial charge in [-0.1, -0.05) is 24.3 Å². The molecule has 0 spiro atoms. The van der Waals surface area contributed by atoms with Gasteiger partial charge in [0, 0.05) is 28.7 Å². The van der Waals surface area contributed by atoms with Crippen LogP contribution in [-0.2, 0) is 25.7 Å². The molecule has 8 rings (SSSR count). The molecule has 1 unspecified atom stereocenters. The van der Waals surface area contributed by atoms with E-state index in [1.54, 1.807) is 25.4 Å². The van der Waals surface area contributed by atoms with Crippen molar-refractivity contribution in [2.75, 3.05) is 19.4 Å². The number of aryl methyl sites for hydroxylation is 3. The van der Waals surface area contributed by atoms with Gasteiger partial charge in [0.25, 0.3) is 5.91 Å². The summed E-state index contributed by atoms with van der Waals surface area (Å²) in [6.45, 7) is 0.687. The van der Waals surface area contributed by atoms with Gasteiger partial charge < -0.3 is 21.1 Å². The van der Waals surface area contributed by atoms with Crippen LogP contribution < -0.4 is 16.2 Å². The van der Waals surface area contributed by atoms with Crippen molar-refractivity contribution in [2.24, 2.45) is 10.7 Å². The molecule has 5 aromatic rings. The van der Waals surface area contributed by atoms with Crippen LogP contribution in [0.1, 0.15) is 69.3 Å². The number of aromatic nitrogens is 2. The summed E-state index contributed by atoms with van der Waals surface area (Å²) in [6, 6.07) is 16.5. The Hall–Kier alpha value is -5.16. The van der Waals surface area contributed by atoms with Crippen molar-refractivity contribution in [1.29, 1.82) is 5.41 Å². The number of carbonyl (C=O) groups is 1. The molecule has 9 nitrogen and oxygen atoms in total. The van der Waals surface area contributed by atoms with Crippen LogP contribution in [0.3, 0.4) is 0 Å². The second-order valence-electron chi connectivity index (χ2n) is 12.2. The first-order valence-electron chi connectivity index (χ1n) is 16.1. The Morgan fingerprint density at radius 1 is 1.15 bits per heavy atom. The summed E-state index contributed by atoms with van der Waals surface area (Å²) >= 11 is 1.45. The molecule has 2 aliphatic heterocycles. The number of anilines is 1. The van der Waals surface area contributed by atoms with E-state index in [9.17, 15) is 9.18 Å². The number of rotatable bonds is 7. The Labute approximate surface area is 282 Å². The van der Waals surface area contributed by atoms with Gasteiger partial charge in [0.05, 0.1) is 34.8 Å². The van der Waals surface area contributed by atoms with Crippen LogP contribution in [0, 0.1) is 11.2 Å². The average molecular weight is 662 g/mol. The number of nitrogen functional groups attached to an aromatic ring is 1. The van der Waals surface area contributed by atoms with Gasteiger partial charge >= 0.3 is 0 Å². The fourth-order valence-electron chi connectivity index (χ4n) is 7.19. The van der Waals surface area contributed by atoms with Crippen LogP contribution >= 0.6 is 11.3 Å². The Kier molecular flexibility index (Phi) is 8.62. The number of amidine groups is 1. The number of hydrogen-bond acceptors (Lipinski definition) is 7. The van der Waals surface area contributed by atoms with Crippen molar-refractivity contribution in [2.45, 2.75) is 51.0 Å². The third kappa shape index (κ3) is 5.68. The molecule has 0 radical (unpaired) electrons. The van der Waals surface area contributed by atoms with E-state index in [-0.39, 0.29) is 23.6 Å². The lowest BCUT2D eigenvalue weighted by atomic mass is 9.92. The van der Waals surface area contributed by atoms with E-state index in [0.29, 0.717) is 47.6 Å². The number of thiophene rings is 1. The normalized spacial score (nSPS) is 16.4. The highest BCUT2D eigenvalue weighted by Gasteiger charge is 2.44. The van der Waals surface area contributed by atoms with Crippen molar-refractivity contribution in [1.82, 2.24) is 14.9 Å². The van der Waals surface area contributed by atoms with Gasteiger partial charge in [0.1, 0.15) is 29.6 Å². The number of halogens is 1. The highest BCUT2D eigenvalue weighted by Crippen LogP contribution is 2.48. The van der Waals surface area contributed by atoms with Crippen LogP contribution in [0.25, 0.3) is 20.5 Å². The lowest BCUT2D eigenvalue weighted by Crippen LogP contribution is -2.23. The summed E-state index contributed by atoms with van der Waals surface area (Å²) in [5, 5.41) is 8.47. The van der Waals surface area contributed by atoms with Gasteiger partial charge in [0.2, 0.25) is 0 Å². The van der Waals surface area contributed by atoms with Crippen LogP contribution in [0.15, 0.2) is 65.8 Å². The fraction of sp³-hybridized carbons (Fsp3) is 0.270. The van der Waals surface area contributed by atoms with Crippen molar-refractivity contribution in [3.05, 3.63) is 106 Å². The average Bonchev–Trinajstić information content (AvgIpc) is 3.90. The second kappa shape index (κ2) is 13.2. The summed E-state index contributed by atoms with van der Waals surface area (Å²) in [5.74, 6) is 1.27. The van der Waals surface area contributed by atoms with E-state index < -0.39 is 0 Å². The molecule has 5 N–H and O–H groups in total. The van der Waals surface area contributed by atoms with E-state index in [2.05, 4.69) is 22.1 Å². The van der Waals surface area contributed by atoms with Crippen molar-refractivity contribution in [3.63, 3.8) is 0 Å². The lowest BCUT2D eigenvalue weighted by Gasteiger charge is -2.17. The minimum Gasteiger partial charge on any atom is -0.496 e. The van der Waals surface area contributed by atoms with Crippen LogP contribution in [-0.4, -0.2) is 46.6 Å². The number of benzene rings is 2. The maximum absolute atomic E-state index is 13.7. The molecule has 1 atom stereocenters. The van der Waals surface area contributed by atoms with E-state index >= 15 is 0 Å². The fourth-order valence-corrected chi connectivity index (χ4v) is 8.30. The Morgan fingerprint density at radius 2 is 1.98 bits per heavy atom. The molecule has 2 aromatic carbocycles. The summed E-state index contributed by atoms with van der Waals surface area (Å²) in [5.41, 5.74) is 19.7. The highest BCUT2D eigenvalue weighted by atomic mass is 32.1. The summed E-state index contributed by atoms with van der Waals surface area (Å²) < 4.78 is 19.5. The largest absolute Gasteiger partial charge is 0.496 e. The van der Waals surface area contributed by atoms with E-state index in [1.165, 1.54) is 53.9 Å². The van der Waals surface area contributed by atoms with Gasteiger partial charge in [-0.15, -0.1) is 11.3 Å². The molecule has 1 saturated heterocycles. The molecule has 3 aromatic heterocycles. The molecule has 5 heterocycles. The first-order chi connectivity index (χ1) is 23.4. The SMILES string of the molecule is COc1cccc2c1CCC2.N=CN=C(N)c1c(CCc2ccc(F)cc2)nc2c(c1-c1cc3ccnc(N)c3s1)C(=O)N1CCCC21. The number of amides is 1. The zero-order valence-corrected chi connectivity index (χ0v) is 27.4. The molecule has 1 aliphatic carbocycles. The van der Waals surface area contributed by atoms with Crippen molar-refractivity contribution >= 4 is 45.3 Å². The number of nitrogens with one attached hydrogen (secondary N) is 1. The molecule has 11 heteroatoms. The molecule has 3 aliphatic rings. The minimum atomic E-state index is -0.289. The smallest absolute Gasteiger partial charge is 0.257 e. The monoisotopic (exact) mass is 661 g/mol. The minimum absolute atomic E-state index is 0.0578. The number of methoxy groups -OCH3 is 1. The maximum Gasteiger partial charge on any atom is 0.257 e. The molecule has 0 saturated carbocycles. The molecule has 244 valence electrons. The number of fused-ring (bicyclic) bond motifs is 5. The Morgan fingerprint density at radius 3 is 2.75 bits per heavy atom.